The van der Waals surface area contributed by atoms with Gasteiger partial charge in [0.2, 0.25) is 0 Å². The van der Waals surface area contributed by atoms with Gasteiger partial charge in [0.25, 0.3) is 5.91 Å². The van der Waals surface area contributed by atoms with E-state index in [2.05, 4.69) is 17.2 Å². The summed E-state index contributed by atoms with van der Waals surface area (Å²) < 4.78 is 11.3. The number of aryl methyl sites for hydroxylation is 1. The van der Waals surface area contributed by atoms with Gasteiger partial charge in [0.1, 0.15) is 18.1 Å². The van der Waals surface area contributed by atoms with Crippen molar-refractivity contribution in [2.75, 3.05) is 19.8 Å². The van der Waals surface area contributed by atoms with E-state index in [1.165, 1.54) is 0 Å². The zero-order valence-corrected chi connectivity index (χ0v) is 16.1. The molecule has 0 bridgehead atoms. The third-order valence-electron chi connectivity index (χ3n) is 4.27. The lowest BCUT2D eigenvalue weighted by Crippen LogP contribution is -2.24. The Bertz CT molecular complexity index is 1030. The molecule has 3 aromatic carbocycles. The maximum atomic E-state index is 12.8. The number of ether oxygens (including phenoxy) is 2. The second-order valence-electron chi connectivity index (χ2n) is 6.18. The predicted octanol–water partition coefficient (Wildman–Crippen LogP) is 4.36. The molecular formula is C24H23NO3. The summed E-state index contributed by atoms with van der Waals surface area (Å²) in [5.41, 5.74) is 1.61. The van der Waals surface area contributed by atoms with Gasteiger partial charge in [-0.3, -0.25) is 4.79 Å². The average molecular weight is 373 g/mol. The fourth-order valence-electron chi connectivity index (χ4n) is 2.92. The minimum Gasteiger partial charge on any atom is -0.493 e. The molecule has 0 heterocycles. The zero-order chi connectivity index (χ0) is 19.8. The van der Waals surface area contributed by atoms with Gasteiger partial charge in [0, 0.05) is 0 Å². The van der Waals surface area contributed by atoms with Crippen molar-refractivity contribution in [1.82, 2.24) is 5.32 Å². The number of fused-ring (bicyclic) bond motifs is 1. The fourth-order valence-corrected chi connectivity index (χ4v) is 2.92. The quantitative estimate of drug-likeness (QED) is 0.653. The van der Waals surface area contributed by atoms with Gasteiger partial charge in [-0.1, -0.05) is 60.4 Å². The Morgan fingerprint density at radius 2 is 1.71 bits per heavy atom. The van der Waals surface area contributed by atoms with E-state index in [4.69, 9.17) is 9.47 Å². The molecule has 0 saturated heterocycles. The van der Waals surface area contributed by atoms with Gasteiger partial charge in [-0.25, -0.2) is 0 Å². The summed E-state index contributed by atoms with van der Waals surface area (Å²) in [5, 5.41) is 4.71. The summed E-state index contributed by atoms with van der Waals surface area (Å²) >= 11 is 0. The Balaban J connectivity index is 1.64. The molecule has 0 aromatic heterocycles. The van der Waals surface area contributed by atoms with E-state index in [9.17, 15) is 4.79 Å². The van der Waals surface area contributed by atoms with Gasteiger partial charge in [-0.15, -0.1) is 0 Å². The molecule has 0 unspecified atom stereocenters. The summed E-state index contributed by atoms with van der Waals surface area (Å²) in [6.45, 7) is 4.90. The molecule has 1 amide bonds. The Morgan fingerprint density at radius 3 is 2.54 bits per heavy atom. The lowest BCUT2D eigenvalue weighted by molar-refractivity contribution is 0.0956. The third kappa shape index (κ3) is 4.63. The number of hydrogen-bond acceptors (Lipinski definition) is 3. The third-order valence-corrected chi connectivity index (χ3v) is 4.27. The van der Waals surface area contributed by atoms with Crippen molar-refractivity contribution in [1.29, 1.82) is 0 Å². The van der Waals surface area contributed by atoms with E-state index in [0.717, 1.165) is 22.1 Å². The van der Waals surface area contributed by atoms with Crippen LogP contribution in [0.1, 0.15) is 22.8 Å². The highest BCUT2D eigenvalue weighted by molar-refractivity contribution is 6.09. The maximum absolute atomic E-state index is 12.8. The Morgan fingerprint density at radius 1 is 0.929 bits per heavy atom. The van der Waals surface area contributed by atoms with Gasteiger partial charge >= 0.3 is 0 Å². The van der Waals surface area contributed by atoms with Crippen molar-refractivity contribution >= 4 is 16.7 Å². The minimum atomic E-state index is -0.200. The normalized spacial score (nSPS) is 10.1. The van der Waals surface area contributed by atoms with Crippen LogP contribution in [0.25, 0.3) is 10.8 Å². The molecular weight excluding hydrogens is 350 g/mol. The first-order valence-corrected chi connectivity index (χ1v) is 9.27. The van der Waals surface area contributed by atoms with Crippen LogP contribution in [0.4, 0.5) is 0 Å². The minimum absolute atomic E-state index is 0.200. The Labute approximate surface area is 165 Å². The monoisotopic (exact) mass is 373 g/mol. The summed E-state index contributed by atoms with van der Waals surface area (Å²) in [5.74, 6) is 7.05. The first kappa shape index (κ1) is 19.3. The van der Waals surface area contributed by atoms with Crippen molar-refractivity contribution in [3.05, 3.63) is 71.8 Å². The summed E-state index contributed by atoms with van der Waals surface area (Å²) in [4.78, 5) is 12.8. The molecule has 142 valence electrons. The molecule has 0 aliphatic heterocycles. The molecule has 0 radical (unpaired) electrons. The molecule has 0 fully saturated rings. The SMILES string of the molecule is CCOc1ccc2ccccc2c1C(=O)NCC#CCOc1ccccc1C. The lowest BCUT2D eigenvalue weighted by Gasteiger charge is -2.12. The van der Waals surface area contributed by atoms with Crippen LogP contribution >= 0.6 is 0 Å². The van der Waals surface area contributed by atoms with E-state index in [0.29, 0.717) is 17.9 Å². The van der Waals surface area contributed by atoms with Gasteiger partial charge in [-0.05, 0) is 42.3 Å². The highest BCUT2D eigenvalue weighted by Gasteiger charge is 2.15. The first-order chi connectivity index (χ1) is 13.7. The van der Waals surface area contributed by atoms with E-state index in [-0.39, 0.29) is 19.1 Å². The van der Waals surface area contributed by atoms with E-state index in [1.807, 2.05) is 74.5 Å². The molecule has 0 spiro atoms. The maximum Gasteiger partial charge on any atom is 0.256 e. The van der Waals surface area contributed by atoms with Crippen LogP contribution in [-0.2, 0) is 0 Å². The van der Waals surface area contributed by atoms with E-state index in [1.54, 1.807) is 0 Å². The summed E-state index contributed by atoms with van der Waals surface area (Å²) in [6, 6.07) is 19.4. The highest BCUT2D eigenvalue weighted by Crippen LogP contribution is 2.28. The zero-order valence-electron chi connectivity index (χ0n) is 16.1. The molecule has 3 rings (SSSR count). The van der Waals surface area contributed by atoms with Crippen LogP contribution in [-0.4, -0.2) is 25.7 Å². The van der Waals surface area contributed by atoms with E-state index >= 15 is 0 Å². The van der Waals surface area contributed by atoms with Crippen molar-refractivity contribution in [2.45, 2.75) is 13.8 Å². The van der Waals surface area contributed by atoms with Crippen LogP contribution in [0, 0.1) is 18.8 Å². The van der Waals surface area contributed by atoms with Crippen LogP contribution in [0.5, 0.6) is 11.5 Å². The second-order valence-corrected chi connectivity index (χ2v) is 6.18. The standard InChI is InChI=1S/C24H23NO3/c1-3-27-22-15-14-19-11-5-6-12-20(19)23(22)24(26)25-16-8-9-17-28-21-13-7-4-10-18(21)2/h4-7,10-15H,3,16-17H2,1-2H3,(H,25,26). The molecule has 4 heteroatoms. The molecule has 0 aliphatic rings. The van der Waals surface area contributed by atoms with Gasteiger partial charge < -0.3 is 14.8 Å². The molecule has 0 saturated carbocycles. The van der Waals surface area contributed by atoms with Crippen molar-refractivity contribution < 1.29 is 14.3 Å². The first-order valence-electron chi connectivity index (χ1n) is 9.27. The predicted molar refractivity (Wildman–Crippen MR) is 112 cm³/mol. The molecule has 4 nitrogen and oxygen atoms in total. The van der Waals surface area contributed by atoms with Crippen LogP contribution in [0.3, 0.4) is 0 Å². The number of para-hydroxylation sites is 1. The Kier molecular flexibility index (Phi) is 6.54. The number of carbonyl (C=O) groups excluding carboxylic acids is 1. The molecule has 1 N–H and O–H groups in total. The van der Waals surface area contributed by atoms with Crippen LogP contribution < -0.4 is 14.8 Å². The van der Waals surface area contributed by atoms with Crippen molar-refractivity contribution in [2.24, 2.45) is 0 Å². The highest BCUT2D eigenvalue weighted by atomic mass is 16.5. The summed E-state index contributed by atoms with van der Waals surface area (Å²) in [6.07, 6.45) is 0. The average Bonchev–Trinajstić information content (AvgIpc) is 2.71. The molecule has 3 aromatic rings. The van der Waals surface area contributed by atoms with Crippen molar-refractivity contribution in [3.8, 4) is 23.3 Å². The van der Waals surface area contributed by atoms with E-state index < -0.39 is 0 Å². The second kappa shape index (κ2) is 9.48. The molecule has 28 heavy (non-hydrogen) atoms. The van der Waals surface area contributed by atoms with Gasteiger partial charge in [0.05, 0.1) is 18.7 Å². The van der Waals surface area contributed by atoms with Gasteiger partial charge in [0.15, 0.2) is 0 Å². The summed E-state index contributed by atoms with van der Waals surface area (Å²) in [7, 11) is 0. The molecule has 0 aliphatic carbocycles. The number of benzene rings is 3. The number of nitrogens with one attached hydrogen (secondary N) is 1. The largest absolute Gasteiger partial charge is 0.493 e. The van der Waals surface area contributed by atoms with Crippen molar-refractivity contribution in [3.63, 3.8) is 0 Å². The number of hydrogen-bond donors (Lipinski definition) is 1. The van der Waals surface area contributed by atoms with Gasteiger partial charge in [-0.2, -0.15) is 0 Å². The van der Waals surface area contributed by atoms with Crippen LogP contribution in [0.2, 0.25) is 0 Å². The van der Waals surface area contributed by atoms with Crippen LogP contribution in [0.15, 0.2) is 60.7 Å². The number of rotatable bonds is 6. The molecule has 0 atom stereocenters. The lowest BCUT2D eigenvalue weighted by atomic mass is 10.0. The smallest absolute Gasteiger partial charge is 0.256 e. The fraction of sp³-hybridized carbons (Fsp3) is 0.208. The Hall–Kier alpha value is -3.45. The number of amides is 1. The topological polar surface area (TPSA) is 47.6 Å². The number of carbonyl (C=O) groups is 1.